The van der Waals surface area contributed by atoms with Crippen LogP contribution in [-0.2, 0) is 14.8 Å². The number of nitrogens with zero attached hydrogens (tertiary/aromatic N) is 2. The Bertz CT molecular complexity index is 555. The second-order valence-electron chi connectivity index (χ2n) is 5.83. The number of ether oxygens (including phenoxy) is 1. The average Bonchev–Trinajstić information content (AvgIpc) is 2.60. The summed E-state index contributed by atoms with van der Waals surface area (Å²) >= 11 is 0. The third kappa shape index (κ3) is 4.97. The van der Waals surface area contributed by atoms with Crippen LogP contribution in [0.5, 0.6) is 0 Å². The van der Waals surface area contributed by atoms with Crippen LogP contribution in [0.15, 0.2) is 29.4 Å². The first kappa shape index (κ1) is 18.3. The van der Waals surface area contributed by atoms with Crippen LogP contribution in [0.25, 0.3) is 0 Å². The molecule has 130 valence electrons. The molecule has 0 aromatic carbocycles. The van der Waals surface area contributed by atoms with Gasteiger partial charge in [-0.2, -0.15) is 0 Å². The molecule has 1 atom stereocenters. The first-order valence-electron chi connectivity index (χ1n) is 8.30. The second kappa shape index (κ2) is 8.73. The molecule has 1 fully saturated rings. The third-order valence-corrected chi connectivity index (χ3v) is 5.94. The molecule has 1 aliphatic rings. The summed E-state index contributed by atoms with van der Waals surface area (Å²) in [5, 5.41) is 0. The van der Waals surface area contributed by atoms with Gasteiger partial charge in [0.1, 0.15) is 4.90 Å². The summed E-state index contributed by atoms with van der Waals surface area (Å²) in [5.41, 5.74) is 0. The molecule has 2 rings (SSSR count). The number of hydrogen-bond donors (Lipinski definition) is 1. The minimum atomic E-state index is -3.51. The van der Waals surface area contributed by atoms with Crippen molar-refractivity contribution in [1.29, 1.82) is 0 Å². The molecule has 0 spiro atoms. The minimum absolute atomic E-state index is 0.195. The monoisotopic (exact) mass is 341 g/mol. The number of hydrogen-bond acceptors (Lipinski definition) is 5. The van der Waals surface area contributed by atoms with Gasteiger partial charge in [0.2, 0.25) is 10.0 Å². The Labute approximate surface area is 139 Å². The van der Waals surface area contributed by atoms with Gasteiger partial charge in [-0.1, -0.05) is 26.7 Å². The lowest BCUT2D eigenvalue weighted by Gasteiger charge is -2.38. The first-order valence-corrected chi connectivity index (χ1v) is 9.78. The summed E-state index contributed by atoms with van der Waals surface area (Å²) in [4.78, 5) is 6.46. The molecule has 1 saturated heterocycles. The van der Waals surface area contributed by atoms with E-state index in [9.17, 15) is 8.42 Å². The highest BCUT2D eigenvalue weighted by Gasteiger charge is 2.28. The maximum Gasteiger partial charge on any atom is 0.242 e. The highest BCUT2D eigenvalue weighted by molar-refractivity contribution is 7.89. The molecule has 7 heteroatoms. The predicted octanol–water partition coefficient (Wildman–Crippen LogP) is 1.50. The summed E-state index contributed by atoms with van der Waals surface area (Å²) in [6.07, 6.45) is 5.02. The molecule has 0 amide bonds. The normalized spacial score (nSPS) is 18.2. The molecule has 23 heavy (non-hydrogen) atoms. The minimum Gasteiger partial charge on any atom is -0.379 e. The van der Waals surface area contributed by atoms with Gasteiger partial charge in [-0.3, -0.25) is 9.88 Å². The van der Waals surface area contributed by atoms with Crippen molar-refractivity contribution >= 4 is 10.0 Å². The number of nitrogens with one attached hydrogen (secondary N) is 1. The van der Waals surface area contributed by atoms with E-state index in [1.807, 2.05) is 0 Å². The number of sulfonamides is 1. The summed E-state index contributed by atoms with van der Waals surface area (Å²) in [6.45, 7) is 7.89. The van der Waals surface area contributed by atoms with E-state index in [1.54, 1.807) is 18.3 Å². The topological polar surface area (TPSA) is 71.5 Å². The molecule has 1 unspecified atom stereocenters. The zero-order chi connectivity index (χ0) is 16.7. The SMILES string of the molecule is CCC(CC)C(CNS(=O)(=O)c1cccnc1)N1CCOCC1. The van der Waals surface area contributed by atoms with Gasteiger partial charge in [-0.15, -0.1) is 0 Å². The van der Waals surface area contributed by atoms with Crippen LogP contribution in [0.3, 0.4) is 0 Å². The number of morpholine rings is 1. The Hall–Kier alpha value is -1.02. The number of rotatable bonds is 8. The molecular weight excluding hydrogens is 314 g/mol. The van der Waals surface area contributed by atoms with Crippen LogP contribution >= 0.6 is 0 Å². The van der Waals surface area contributed by atoms with Crippen molar-refractivity contribution in [2.75, 3.05) is 32.8 Å². The van der Waals surface area contributed by atoms with Gasteiger partial charge in [0, 0.05) is 38.1 Å². The Morgan fingerprint density at radius 3 is 2.57 bits per heavy atom. The van der Waals surface area contributed by atoms with E-state index in [1.165, 1.54) is 6.20 Å². The first-order chi connectivity index (χ1) is 11.1. The Kier molecular flexibility index (Phi) is 6.95. The molecule has 0 radical (unpaired) electrons. The molecule has 1 aromatic heterocycles. The molecule has 2 heterocycles. The second-order valence-corrected chi connectivity index (χ2v) is 7.60. The van der Waals surface area contributed by atoms with Crippen LogP contribution in [0.4, 0.5) is 0 Å². The zero-order valence-corrected chi connectivity index (χ0v) is 14.8. The number of aromatic nitrogens is 1. The van der Waals surface area contributed by atoms with Crippen molar-refractivity contribution in [3.05, 3.63) is 24.5 Å². The third-order valence-electron chi connectivity index (χ3n) is 4.53. The van der Waals surface area contributed by atoms with Crippen LogP contribution < -0.4 is 4.72 Å². The number of pyridine rings is 1. The lowest BCUT2D eigenvalue weighted by molar-refractivity contribution is 0.00297. The highest BCUT2D eigenvalue weighted by Crippen LogP contribution is 2.20. The quantitative estimate of drug-likeness (QED) is 0.776. The maximum absolute atomic E-state index is 12.4. The fraction of sp³-hybridized carbons (Fsp3) is 0.688. The van der Waals surface area contributed by atoms with E-state index in [2.05, 4.69) is 28.5 Å². The molecular formula is C16H27N3O3S. The predicted molar refractivity (Wildman–Crippen MR) is 89.7 cm³/mol. The molecule has 0 saturated carbocycles. The van der Waals surface area contributed by atoms with Crippen molar-refractivity contribution in [1.82, 2.24) is 14.6 Å². The Balaban J connectivity index is 2.08. The summed E-state index contributed by atoms with van der Waals surface area (Å²) in [5.74, 6) is 0.463. The molecule has 1 aliphatic heterocycles. The zero-order valence-electron chi connectivity index (χ0n) is 13.9. The van der Waals surface area contributed by atoms with E-state index < -0.39 is 10.0 Å². The molecule has 0 aliphatic carbocycles. The van der Waals surface area contributed by atoms with Gasteiger partial charge in [-0.25, -0.2) is 13.1 Å². The van der Waals surface area contributed by atoms with Crippen molar-refractivity contribution in [3.8, 4) is 0 Å². The van der Waals surface area contributed by atoms with Gasteiger partial charge in [0.25, 0.3) is 0 Å². The van der Waals surface area contributed by atoms with Gasteiger partial charge in [0.15, 0.2) is 0 Å². The van der Waals surface area contributed by atoms with Crippen LogP contribution in [0, 0.1) is 5.92 Å². The molecule has 1 aromatic rings. The Morgan fingerprint density at radius 1 is 1.30 bits per heavy atom. The lowest BCUT2D eigenvalue weighted by atomic mass is 9.92. The van der Waals surface area contributed by atoms with Gasteiger partial charge in [-0.05, 0) is 18.1 Å². The van der Waals surface area contributed by atoms with Gasteiger partial charge >= 0.3 is 0 Å². The van der Waals surface area contributed by atoms with Crippen LogP contribution in [-0.4, -0.2) is 57.2 Å². The fourth-order valence-electron chi connectivity index (χ4n) is 3.12. The van der Waals surface area contributed by atoms with Gasteiger partial charge < -0.3 is 4.74 Å². The summed E-state index contributed by atoms with van der Waals surface area (Å²) in [7, 11) is -3.51. The van der Waals surface area contributed by atoms with E-state index in [4.69, 9.17) is 4.74 Å². The molecule has 0 bridgehead atoms. The maximum atomic E-state index is 12.4. The van der Waals surface area contributed by atoms with E-state index in [-0.39, 0.29) is 10.9 Å². The van der Waals surface area contributed by atoms with E-state index >= 15 is 0 Å². The average molecular weight is 341 g/mol. The Morgan fingerprint density at radius 2 is 2.00 bits per heavy atom. The molecule has 6 nitrogen and oxygen atoms in total. The summed E-state index contributed by atoms with van der Waals surface area (Å²) in [6, 6.07) is 3.39. The molecule has 1 N–H and O–H groups in total. The summed E-state index contributed by atoms with van der Waals surface area (Å²) < 4.78 is 33.0. The van der Waals surface area contributed by atoms with E-state index in [0.29, 0.717) is 25.7 Å². The van der Waals surface area contributed by atoms with Crippen molar-refractivity contribution in [2.45, 2.75) is 37.6 Å². The smallest absolute Gasteiger partial charge is 0.242 e. The lowest BCUT2D eigenvalue weighted by Crippen LogP contribution is -2.52. The van der Waals surface area contributed by atoms with Crippen molar-refractivity contribution < 1.29 is 13.2 Å². The van der Waals surface area contributed by atoms with Crippen LogP contribution in [0.1, 0.15) is 26.7 Å². The highest BCUT2D eigenvalue weighted by atomic mass is 32.2. The van der Waals surface area contributed by atoms with Gasteiger partial charge in [0.05, 0.1) is 13.2 Å². The van der Waals surface area contributed by atoms with Crippen molar-refractivity contribution in [3.63, 3.8) is 0 Å². The van der Waals surface area contributed by atoms with E-state index in [0.717, 1.165) is 25.9 Å². The largest absolute Gasteiger partial charge is 0.379 e. The fourth-order valence-corrected chi connectivity index (χ4v) is 4.13. The van der Waals surface area contributed by atoms with Crippen LogP contribution in [0.2, 0.25) is 0 Å². The van der Waals surface area contributed by atoms with Crippen molar-refractivity contribution in [2.24, 2.45) is 5.92 Å². The standard InChI is InChI=1S/C16H27N3O3S/c1-3-14(4-2)16(19-8-10-22-11-9-19)13-18-23(20,21)15-6-5-7-17-12-15/h5-7,12,14,16,18H,3-4,8-11,13H2,1-2H3.